The second-order valence-electron chi connectivity index (χ2n) is 5.01. The van der Waals surface area contributed by atoms with Gasteiger partial charge in [0.1, 0.15) is 4.75 Å². The molecule has 1 aliphatic carbocycles. The molecule has 100 valence electrons. The van der Waals surface area contributed by atoms with Gasteiger partial charge in [0, 0.05) is 11.6 Å². The second-order valence-corrected chi connectivity index (χ2v) is 6.81. The molecule has 5 heteroatoms. The van der Waals surface area contributed by atoms with Crippen molar-refractivity contribution in [2.75, 3.05) is 0 Å². The number of amides is 1. The molecule has 1 aliphatic heterocycles. The Kier molecular flexibility index (Phi) is 3.54. The number of nitrogens with zero attached hydrogens (tertiary/aromatic N) is 1. The molecule has 0 saturated heterocycles. The molecule has 1 aromatic carbocycles. The summed E-state index contributed by atoms with van der Waals surface area (Å²) in [5.41, 5.74) is 1.13. The number of carbonyl (C=O) groups excluding carboxylic acids is 1. The summed E-state index contributed by atoms with van der Waals surface area (Å²) in [6.45, 7) is 0.673. The molecule has 0 aromatic heterocycles. The molecule has 1 fully saturated rings. The lowest BCUT2D eigenvalue weighted by Crippen LogP contribution is -2.27. The SMILES string of the molecule is O=C1N=C(NCc2ccc(Cl)cc2)SC12CCCC2. The number of hydrogen-bond donors (Lipinski definition) is 1. The monoisotopic (exact) mass is 294 g/mol. The Labute approximate surface area is 121 Å². The highest BCUT2D eigenvalue weighted by molar-refractivity contribution is 8.16. The van der Waals surface area contributed by atoms with E-state index in [9.17, 15) is 4.79 Å². The van der Waals surface area contributed by atoms with Gasteiger partial charge in [-0.3, -0.25) is 4.79 Å². The van der Waals surface area contributed by atoms with E-state index < -0.39 is 0 Å². The predicted molar refractivity (Wildman–Crippen MR) is 79.5 cm³/mol. The fraction of sp³-hybridized carbons (Fsp3) is 0.429. The molecule has 19 heavy (non-hydrogen) atoms. The molecule has 0 radical (unpaired) electrons. The normalized spacial score (nSPS) is 20.9. The zero-order valence-electron chi connectivity index (χ0n) is 10.5. The number of carbonyl (C=O) groups is 1. The summed E-state index contributed by atoms with van der Waals surface area (Å²) in [7, 11) is 0. The highest BCUT2D eigenvalue weighted by Gasteiger charge is 2.47. The van der Waals surface area contributed by atoms with Gasteiger partial charge in [-0.15, -0.1) is 0 Å². The Morgan fingerprint density at radius 1 is 1.26 bits per heavy atom. The number of nitrogens with one attached hydrogen (secondary N) is 1. The number of thioether (sulfide) groups is 1. The standard InChI is InChI=1S/C14H15ClN2OS/c15-11-5-3-10(4-6-11)9-16-13-17-12(18)14(19-13)7-1-2-8-14/h3-6H,1-2,7-9H2,(H,16,17,18). The van der Waals surface area contributed by atoms with Crippen LogP contribution in [0.5, 0.6) is 0 Å². The molecule has 1 aromatic rings. The molecule has 0 atom stereocenters. The van der Waals surface area contributed by atoms with Crippen molar-refractivity contribution >= 4 is 34.4 Å². The van der Waals surface area contributed by atoms with E-state index in [1.54, 1.807) is 11.8 Å². The lowest BCUT2D eigenvalue weighted by Gasteiger charge is -2.17. The van der Waals surface area contributed by atoms with E-state index in [4.69, 9.17) is 11.6 Å². The van der Waals surface area contributed by atoms with Crippen LogP contribution in [0.3, 0.4) is 0 Å². The molecular weight excluding hydrogens is 280 g/mol. The van der Waals surface area contributed by atoms with E-state index in [-0.39, 0.29) is 10.7 Å². The Bertz CT molecular complexity index is 521. The molecule has 3 rings (SSSR count). The van der Waals surface area contributed by atoms with Gasteiger partial charge >= 0.3 is 0 Å². The lowest BCUT2D eigenvalue weighted by molar-refractivity contribution is -0.119. The maximum absolute atomic E-state index is 12.0. The van der Waals surface area contributed by atoms with Crippen molar-refractivity contribution in [2.24, 2.45) is 4.99 Å². The van der Waals surface area contributed by atoms with Gasteiger partial charge < -0.3 is 5.32 Å². The summed E-state index contributed by atoms with van der Waals surface area (Å²) in [5, 5.41) is 4.75. The van der Waals surface area contributed by atoms with Crippen LogP contribution in [0.15, 0.2) is 29.3 Å². The smallest absolute Gasteiger partial charge is 0.264 e. The van der Waals surface area contributed by atoms with Crippen LogP contribution in [-0.2, 0) is 11.3 Å². The number of rotatable bonds is 2. The van der Waals surface area contributed by atoms with Crippen molar-refractivity contribution in [3.05, 3.63) is 34.9 Å². The third-order valence-corrected chi connectivity index (χ3v) is 5.31. The summed E-state index contributed by atoms with van der Waals surface area (Å²) >= 11 is 7.46. The number of benzene rings is 1. The maximum Gasteiger partial charge on any atom is 0.264 e. The molecule has 1 amide bonds. The van der Waals surface area contributed by atoms with Crippen molar-refractivity contribution in [1.29, 1.82) is 0 Å². The van der Waals surface area contributed by atoms with Gasteiger partial charge in [-0.05, 0) is 30.5 Å². The third kappa shape index (κ3) is 2.65. The molecule has 0 unspecified atom stereocenters. The van der Waals surface area contributed by atoms with Crippen LogP contribution in [0.25, 0.3) is 0 Å². The topological polar surface area (TPSA) is 41.5 Å². The van der Waals surface area contributed by atoms with Gasteiger partial charge in [0.25, 0.3) is 5.91 Å². The molecule has 1 spiro atoms. The van der Waals surface area contributed by atoms with Crippen molar-refractivity contribution in [1.82, 2.24) is 5.32 Å². The zero-order chi connectivity index (χ0) is 13.3. The Balaban J connectivity index is 1.61. The molecule has 0 bridgehead atoms. The van der Waals surface area contributed by atoms with Gasteiger partial charge in [0.15, 0.2) is 5.17 Å². The van der Waals surface area contributed by atoms with Gasteiger partial charge in [-0.25, -0.2) is 0 Å². The Morgan fingerprint density at radius 3 is 2.63 bits per heavy atom. The van der Waals surface area contributed by atoms with Gasteiger partial charge in [0.2, 0.25) is 0 Å². The summed E-state index contributed by atoms with van der Waals surface area (Å²) in [6.07, 6.45) is 4.20. The molecule has 2 aliphatic rings. The maximum atomic E-state index is 12.0. The minimum absolute atomic E-state index is 0.0496. The van der Waals surface area contributed by atoms with Crippen molar-refractivity contribution in [2.45, 2.75) is 37.0 Å². The van der Waals surface area contributed by atoms with Gasteiger partial charge in [0.05, 0.1) is 0 Å². The molecule has 3 nitrogen and oxygen atoms in total. The summed E-state index contributed by atoms with van der Waals surface area (Å²) < 4.78 is -0.248. The van der Waals surface area contributed by atoms with Crippen LogP contribution in [0.4, 0.5) is 0 Å². The first-order valence-corrected chi connectivity index (χ1v) is 7.68. The van der Waals surface area contributed by atoms with Crippen LogP contribution < -0.4 is 5.32 Å². The first kappa shape index (κ1) is 13.0. The van der Waals surface area contributed by atoms with Crippen molar-refractivity contribution in [3.8, 4) is 0 Å². The summed E-state index contributed by atoms with van der Waals surface area (Å²) in [4.78, 5) is 16.2. The van der Waals surface area contributed by atoms with Crippen LogP contribution in [0.1, 0.15) is 31.2 Å². The second kappa shape index (κ2) is 5.17. The predicted octanol–water partition coefficient (Wildman–Crippen LogP) is 3.37. The average Bonchev–Trinajstić information content (AvgIpc) is 2.99. The summed E-state index contributed by atoms with van der Waals surface area (Å²) in [6, 6.07) is 7.68. The largest absolute Gasteiger partial charge is 0.360 e. The Morgan fingerprint density at radius 2 is 1.95 bits per heavy atom. The number of halogens is 1. The lowest BCUT2D eigenvalue weighted by atomic mass is 10.1. The minimum Gasteiger partial charge on any atom is -0.360 e. The van der Waals surface area contributed by atoms with E-state index in [1.165, 1.54) is 0 Å². The highest BCUT2D eigenvalue weighted by atomic mass is 35.5. The van der Waals surface area contributed by atoms with E-state index in [0.717, 1.165) is 41.4 Å². The van der Waals surface area contributed by atoms with Crippen LogP contribution in [0, 0.1) is 0 Å². The first-order chi connectivity index (χ1) is 9.18. The molecule has 1 heterocycles. The number of aliphatic imine (C=N–C) groups is 1. The van der Waals surface area contributed by atoms with E-state index in [1.807, 2.05) is 24.3 Å². The molecule has 1 saturated carbocycles. The zero-order valence-corrected chi connectivity index (χ0v) is 12.1. The first-order valence-electron chi connectivity index (χ1n) is 6.48. The third-order valence-electron chi connectivity index (χ3n) is 3.65. The van der Waals surface area contributed by atoms with E-state index in [0.29, 0.717) is 6.54 Å². The van der Waals surface area contributed by atoms with Gasteiger partial charge in [-0.1, -0.05) is 48.3 Å². The van der Waals surface area contributed by atoms with Crippen LogP contribution in [-0.4, -0.2) is 15.8 Å². The highest BCUT2D eigenvalue weighted by Crippen LogP contribution is 2.46. The van der Waals surface area contributed by atoms with E-state index >= 15 is 0 Å². The molecule has 1 N–H and O–H groups in total. The fourth-order valence-corrected chi connectivity index (χ4v) is 3.96. The number of hydrogen-bond acceptors (Lipinski definition) is 3. The number of amidine groups is 1. The Hall–Kier alpha value is -1.000. The molecular formula is C14H15ClN2OS. The van der Waals surface area contributed by atoms with Crippen molar-refractivity contribution in [3.63, 3.8) is 0 Å². The minimum atomic E-state index is -0.248. The quantitative estimate of drug-likeness (QED) is 0.909. The van der Waals surface area contributed by atoms with Crippen LogP contribution >= 0.6 is 23.4 Å². The van der Waals surface area contributed by atoms with Crippen LogP contribution in [0.2, 0.25) is 5.02 Å². The van der Waals surface area contributed by atoms with Gasteiger partial charge in [-0.2, -0.15) is 4.99 Å². The van der Waals surface area contributed by atoms with Crippen molar-refractivity contribution < 1.29 is 4.79 Å². The van der Waals surface area contributed by atoms with E-state index in [2.05, 4.69) is 10.3 Å². The average molecular weight is 295 g/mol. The fourth-order valence-electron chi connectivity index (χ4n) is 2.56. The summed E-state index contributed by atoms with van der Waals surface area (Å²) in [5.74, 6) is 0.0496.